The second-order valence-electron chi connectivity index (χ2n) is 2.69. The molecule has 0 heterocycles. The highest BCUT2D eigenvalue weighted by atomic mass is 35.7. The van der Waals surface area contributed by atoms with Crippen LogP contribution in [0.3, 0.4) is 0 Å². The third kappa shape index (κ3) is 3.34. The summed E-state index contributed by atoms with van der Waals surface area (Å²) in [6.45, 7) is 0. The maximum Gasteiger partial charge on any atom is 0.255 e. The monoisotopic (exact) mass is 288 g/mol. The Morgan fingerprint density at radius 1 is 0.867 bits per heavy atom. The maximum atomic E-state index is 11.1. The molecule has 15 heavy (non-hydrogen) atoms. The van der Waals surface area contributed by atoms with Gasteiger partial charge in [0.05, 0.1) is 0 Å². The second-order valence-corrected chi connectivity index (χ2v) is 8.42. The summed E-state index contributed by atoms with van der Waals surface area (Å²) < 4.78 is 42.4. The summed E-state index contributed by atoms with van der Waals surface area (Å²) in [6.07, 6.45) is 0. The van der Waals surface area contributed by atoms with Crippen molar-refractivity contribution in [1.29, 1.82) is 0 Å². The van der Waals surface area contributed by atoms with E-state index in [4.69, 9.17) is 21.4 Å². The first-order chi connectivity index (χ1) is 6.73. The number of hydrogen-bond donors (Lipinski definition) is 0. The van der Waals surface area contributed by atoms with Crippen molar-refractivity contribution in [2.45, 2.75) is 4.58 Å². The van der Waals surface area contributed by atoms with E-state index in [-0.39, 0.29) is 5.56 Å². The summed E-state index contributed by atoms with van der Waals surface area (Å²) >= 11 is 0. The highest BCUT2D eigenvalue weighted by Gasteiger charge is 2.36. The Bertz CT molecular complexity index is 504. The minimum absolute atomic E-state index is 0.0162. The molecule has 1 aromatic carbocycles. The van der Waals surface area contributed by atoms with Crippen molar-refractivity contribution >= 4 is 39.5 Å². The summed E-state index contributed by atoms with van der Waals surface area (Å²) in [5.74, 6) is 0. The van der Waals surface area contributed by atoms with Crippen molar-refractivity contribution in [3.8, 4) is 0 Å². The van der Waals surface area contributed by atoms with Crippen LogP contribution in [-0.2, 0) is 18.1 Å². The van der Waals surface area contributed by atoms with Crippen molar-refractivity contribution < 1.29 is 16.8 Å². The van der Waals surface area contributed by atoms with Gasteiger partial charge >= 0.3 is 0 Å². The lowest BCUT2D eigenvalue weighted by molar-refractivity contribution is 0.592. The zero-order valence-electron chi connectivity index (χ0n) is 7.17. The van der Waals surface area contributed by atoms with Gasteiger partial charge in [0.25, 0.3) is 18.1 Å². The lowest BCUT2D eigenvalue weighted by Crippen LogP contribution is -2.14. The van der Waals surface area contributed by atoms with Gasteiger partial charge < -0.3 is 0 Å². The molecule has 8 heteroatoms. The second kappa shape index (κ2) is 4.29. The first-order valence-corrected chi connectivity index (χ1v) is 8.39. The first kappa shape index (κ1) is 12.8. The predicted molar refractivity (Wildman–Crippen MR) is 58.7 cm³/mol. The van der Waals surface area contributed by atoms with Crippen LogP contribution in [0, 0.1) is 0 Å². The van der Waals surface area contributed by atoms with E-state index >= 15 is 0 Å². The summed E-state index contributed by atoms with van der Waals surface area (Å²) in [5, 5.41) is 0. The number of benzene rings is 1. The smallest absolute Gasteiger partial charge is 0.210 e. The molecule has 1 aromatic rings. The van der Waals surface area contributed by atoms with E-state index in [1.54, 1.807) is 6.07 Å². The highest BCUT2D eigenvalue weighted by molar-refractivity contribution is 8.28. The van der Waals surface area contributed by atoms with Crippen molar-refractivity contribution in [2.24, 2.45) is 0 Å². The van der Waals surface area contributed by atoms with Gasteiger partial charge in [0.15, 0.2) is 0 Å². The molecule has 0 fully saturated rings. The minimum atomic E-state index is -4.32. The molecule has 0 saturated carbocycles. The fourth-order valence-corrected chi connectivity index (χ4v) is 5.81. The molecular formula is C7H6Cl2O4S2. The third-order valence-corrected chi connectivity index (χ3v) is 6.37. The zero-order chi connectivity index (χ0) is 11.7. The number of hydrogen-bond acceptors (Lipinski definition) is 4. The summed E-state index contributed by atoms with van der Waals surface area (Å²) in [4.78, 5) is 0. The van der Waals surface area contributed by atoms with E-state index in [1.807, 2.05) is 0 Å². The van der Waals surface area contributed by atoms with Crippen LogP contribution in [0.25, 0.3) is 0 Å². The Morgan fingerprint density at radius 3 is 1.60 bits per heavy atom. The van der Waals surface area contributed by atoms with Gasteiger partial charge in [0.2, 0.25) is 4.58 Å². The molecule has 1 rings (SSSR count). The average Bonchev–Trinajstić information content (AvgIpc) is 2.00. The Balaban J connectivity index is 3.41. The van der Waals surface area contributed by atoms with Gasteiger partial charge in [-0.3, -0.25) is 0 Å². The van der Waals surface area contributed by atoms with Crippen molar-refractivity contribution in [2.75, 3.05) is 0 Å². The molecule has 0 aromatic heterocycles. The van der Waals surface area contributed by atoms with Crippen LogP contribution in [0.5, 0.6) is 0 Å². The fraction of sp³-hybridized carbons (Fsp3) is 0.143. The molecule has 84 valence electrons. The predicted octanol–water partition coefficient (Wildman–Crippen LogP) is 1.82. The van der Waals surface area contributed by atoms with Crippen LogP contribution in [0.2, 0.25) is 0 Å². The van der Waals surface area contributed by atoms with Gasteiger partial charge in [-0.05, 0) is 5.56 Å². The number of rotatable bonds is 3. The molecule has 0 aliphatic carbocycles. The molecule has 0 unspecified atom stereocenters. The van der Waals surface area contributed by atoms with E-state index in [9.17, 15) is 16.8 Å². The zero-order valence-corrected chi connectivity index (χ0v) is 10.3. The fourth-order valence-electron chi connectivity index (χ4n) is 1.07. The topological polar surface area (TPSA) is 68.3 Å². The van der Waals surface area contributed by atoms with Crippen LogP contribution in [0.15, 0.2) is 30.3 Å². The molecule has 0 aliphatic heterocycles. The Hall–Kier alpha value is -0.300. The SMILES string of the molecule is O=S(=O)(Cl)C(c1ccccc1)S(=O)(=O)Cl. The van der Waals surface area contributed by atoms with Gasteiger partial charge in [0.1, 0.15) is 0 Å². The van der Waals surface area contributed by atoms with E-state index in [2.05, 4.69) is 0 Å². The van der Waals surface area contributed by atoms with Crippen LogP contribution in [-0.4, -0.2) is 16.8 Å². The standard InChI is InChI=1S/C7H6Cl2O4S2/c8-14(10,11)7(15(9,12)13)6-4-2-1-3-5-6/h1-5,7H. The molecule has 4 nitrogen and oxygen atoms in total. The largest absolute Gasteiger partial charge is 0.255 e. The van der Waals surface area contributed by atoms with E-state index in [1.165, 1.54) is 24.3 Å². The van der Waals surface area contributed by atoms with Gasteiger partial charge in [-0.15, -0.1) is 0 Å². The van der Waals surface area contributed by atoms with E-state index in [0.29, 0.717) is 0 Å². The summed E-state index contributed by atoms with van der Waals surface area (Å²) in [6, 6.07) is 7.25. The molecule has 0 radical (unpaired) electrons. The molecule has 0 bridgehead atoms. The molecule has 0 saturated heterocycles. The summed E-state index contributed by atoms with van der Waals surface area (Å²) in [7, 11) is 1.41. The molecular weight excluding hydrogens is 283 g/mol. The van der Waals surface area contributed by atoms with Crippen LogP contribution in [0.4, 0.5) is 0 Å². The quantitative estimate of drug-likeness (QED) is 0.796. The Morgan fingerprint density at radius 2 is 1.27 bits per heavy atom. The van der Waals surface area contributed by atoms with Crippen molar-refractivity contribution in [3.63, 3.8) is 0 Å². The number of halogens is 2. The van der Waals surface area contributed by atoms with Gasteiger partial charge in [-0.2, -0.15) is 0 Å². The Labute approximate surface area is 96.7 Å². The van der Waals surface area contributed by atoms with Gasteiger partial charge in [-0.1, -0.05) is 30.3 Å². The van der Waals surface area contributed by atoms with E-state index < -0.39 is 22.7 Å². The molecule has 0 amide bonds. The minimum Gasteiger partial charge on any atom is -0.210 e. The van der Waals surface area contributed by atoms with Crippen molar-refractivity contribution in [1.82, 2.24) is 0 Å². The van der Waals surface area contributed by atoms with Gasteiger partial charge in [0, 0.05) is 21.4 Å². The highest BCUT2D eigenvalue weighted by Crippen LogP contribution is 2.33. The van der Waals surface area contributed by atoms with E-state index in [0.717, 1.165) is 0 Å². The van der Waals surface area contributed by atoms with Gasteiger partial charge in [-0.25, -0.2) is 16.8 Å². The normalized spacial score (nSPS) is 13.0. The average molecular weight is 289 g/mol. The van der Waals surface area contributed by atoms with Crippen LogP contribution >= 0.6 is 21.4 Å². The lowest BCUT2D eigenvalue weighted by atomic mass is 10.2. The third-order valence-electron chi connectivity index (χ3n) is 1.58. The Kier molecular flexibility index (Phi) is 3.65. The van der Waals surface area contributed by atoms with Crippen LogP contribution in [0.1, 0.15) is 10.1 Å². The molecule has 0 N–H and O–H groups in total. The maximum absolute atomic E-state index is 11.1. The molecule has 0 aliphatic rings. The van der Waals surface area contributed by atoms with Crippen LogP contribution < -0.4 is 0 Å². The molecule has 0 spiro atoms. The molecule has 0 atom stereocenters. The first-order valence-electron chi connectivity index (χ1n) is 3.65. The van der Waals surface area contributed by atoms with Crippen molar-refractivity contribution in [3.05, 3.63) is 35.9 Å². The summed E-state index contributed by atoms with van der Waals surface area (Å²) in [5.41, 5.74) is 0.0162. The lowest BCUT2D eigenvalue weighted by Gasteiger charge is -2.09.